The van der Waals surface area contributed by atoms with Crippen LogP contribution in [0.25, 0.3) is 28.1 Å². The summed E-state index contributed by atoms with van der Waals surface area (Å²) in [6.45, 7) is 5.90. The van der Waals surface area contributed by atoms with Gasteiger partial charge in [0.15, 0.2) is 11.5 Å². The van der Waals surface area contributed by atoms with Gasteiger partial charge in [-0.15, -0.1) is 0 Å². The lowest BCUT2D eigenvalue weighted by atomic mass is 10.1. The summed E-state index contributed by atoms with van der Waals surface area (Å²) in [5, 5.41) is 5.41. The van der Waals surface area contributed by atoms with Crippen molar-refractivity contribution in [1.82, 2.24) is 24.7 Å². The molecule has 0 spiro atoms. The van der Waals surface area contributed by atoms with Crippen LogP contribution in [0.1, 0.15) is 18.1 Å². The van der Waals surface area contributed by atoms with Crippen molar-refractivity contribution < 1.29 is 4.39 Å². The number of pyridine rings is 1. The minimum atomic E-state index is -0.293. The lowest BCUT2D eigenvalue weighted by Gasteiger charge is -2.07. The van der Waals surface area contributed by atoms with Gasteiger partial charge in [0.2, 0.25) is 0 Å². The van der Waals surface area contributed by atoms with E-state index in [2.05, 4.69) is 26.6 Å². The Balaban J connectivity index is 1.80. The van der Waals surface area contributed by atoms with E-state index in [0.29, 0.717) is 34.1 Å². The number of nitrogens with two attached hydrogens (primary N) is 1. The molecule has 1 aromatic carbocycles. The molecule has 0 atom stereocenters. The lowest BCUT2D eigenvalue weighted by Crippen LogP contribution is -2.05. The van der Waals surface area contributed by atoms with Crippen LogP contribution >= 0.6 is 0 Å². The van der Waals surface area contributed by atoms with Crippen molar-refractivity contribution in [3.8, 4) is 11.5 Å². The van der Waals surface area contributed by atoms with E-state index in [9.17, 15) is 4.39 Å². The Bertz CT molecular complexity index is 1320. The highest BCUT2D eigenvalue weighted by Gasteiger charge is 2.18. The van der Waals surface area contributed by atoms with Gasteiger partial charge in [0.1, 0.15) is 17.3 Å². The monoisotopic (exact) mass is 412 g/mol. The quantitative estimate of drug-likeness (QED) is 0.460. The van der Waals surface area contributed by atoms with Crippen molar-refractivity contribution in [3.05, 3.63) is 96.6 Å². The lowest BCUT2D eigenvalue weighted by molar-refractivity contribution is 0.589. The number of hydrogen-bond donors (Lipinski definition) is 1. The average molecular weight is 412 g/mol. The maximum absolute atomic E-state index is 14.2. The Hall–Kier alpha value is -4.13. The van der Waals surface area contributed by atoms with Gasteiger partial charge < -0.3 is 5.73 Å². The largest absolute Gasteiger partial charge is 0.383 e. The second-order valence-electron chi connectivity index (χ2n) is 6.82. The molecule has 0 aliphatic rings. The van der Waals surface area contributed by atoms with Crippen LogP contribution in [0.4, 0.5) is 10.2 Å². The van der Waals surface area contributed by atoms with Crippen LogP contribution in [-0.2, 0) is 6.54 Å². The van der Waals surface area contributed by atoms with Crippen LogP contribution in [0.3, 0.4) is 0 Å². The van der Waals surface area contributed by atoms with Crippen molar-refractivity contribution in [1.29, 1.82) is 0 Å². The first kappa shape index (κ1) is 20.2. The molecule has 0 saturated heterocycles. The summed E-state index contributed by atoms with van der Waals surface area (Å²) in [5.41, 5.74) is 9.50. The molecule has 6 nitrogen and oxygen atoms in total. The first-order valence-electron chi connectivity index (χ1n) is 9.76. The number of nitrogens with zero attached hydrogens (tertiary/aromatic N) is 5. The van der Waals surface area contributed by atoms with Gasteiger partial charge in [-0.05, 0) is 30.7 Å². The molecule has 0 aliphatic heterocycles. The van der Waals surface area contributed by atoms with Gasteiger partial charge in [0.05, 0.1) is 11.9 Å². The second-order valence-corrected chi connectivity index (χ2v) is 6.82. The summed E-state index contributed by atoms with van der Waals surface area (Å²) < 4.78 is 15.8. The van der Waals surface area contributed by atoms with Crippen LogP contribution in [0.2, 0.25) is 0 Å². The van der Waals surface area contributed by atoms with E-state index < -0.39 is 0 Å². The molecule has 2 N–H and O–H groups in total. The van der Waals surface area contributed by atoms with E-state index in [4.69, 9.17) is 5.73 Å². The maximum atomic E-state index is 14.2. The van der Waals surface area contributed by atoms with Crippen molar-refractivity contribution in [2.45, 2.75) is 13.5 Å². The molecule has 7 heteroatoms. The number of halogens is 1. The summed E-state index contributed by atoms with van der Waals surface area (Å²) in [6.07, 6.45) is 10.7. The molecule has 4 rings (SSSR count). The smallest absolute Gasteiger partial charge is 0.182 e. The predicted molar refractivity (Wildman–Crippen MR) is 121 cm³/mol. The fourth-order valence-corrected chi connectivity index (χ4v) is 3.35. The summed E-state index contributed by atoms with van der Waals surface area (Å²) in [4.78, 5) is 13.4. The molecule has 0 saturated carbocycles. The zero-order valence-corrected chi connectivity index (χ0v) is 17.0. The third-order valence-electron chi connectivity index (χ3n) is 4.77. The summed E-state index contributed by atoms with van der Waals surface area (Å²) in [5.74, 6) is 0.417. The van der Waals surface area contributed by atoms with E-state index in [1.165, 1.54) is 6.07 Å². The Morgan fingerprint density at radius 1 is 1.19 bits per heavy atom. The predicted octanol–water partition coefficient (Wildman–Crippen LogP) is 4.80. The van der Waals surface area contributed by atoms with Crippen LogP contribution in [0.5, 0.6) is 0 Å². The van der Waals surface area contributed by atoms with Gasteiger partial charge in [-0.1, -0.05) is 49.1 Å². The fraction of sp³-hybridized carbons (Fsp3) is 0.0833. The Morgan fingerprint density at radius 3 is 2.77 bits per heavy atom. The standard InChI is InChI=1S/C24H21FN6/c1-3-8-16(9-4-2)19-14-28-23(29-22(19)26)21-18-11-7-13-27-24(18)31(30-21)15-17-10-5-6-12-20(17)25/h3-14H,1,15H2,2H3,(H2,26,28,29)/b9-4-,16-8+. The number of benzene rings is 1. The molecule has 0 unspecified atom stereocenters. The zero-order valence-electron chi connectivity index (χ0n) is 17.0. The van der Waals surface area contributed by atoms with Gasteiger partial charge in [0.25, 0.3) is 0 Å². The molecular formula is C24H21FN6. The third-order valence-corrected chi connectivity index (χ3v) is 4.77. The van der Waals surface area contributed by atoms with Crippen LogP contribution in [0, 0.1) is 5.82 Å². The third kappa shape index (κ3) is 3.98. The molecular weight excluding hydrogens is 391 g/mol. The second kappa shape index (κ2) is 8.71. The first-order chi connectivity index (χ1) is 15.1. The van der Waals surface area contributed by atoms with Crippen molar-refractivity contribution >= 4 is 22.4 Å². The SMILES string of the molecule is C=C/C=C(\C=C/C)c1cnc(-c2nn(Cc3ccccc3F)c3ncccc23)nc1N. The topological polar surface area (TPSA) is 82.5 Å². The average Bonchev–Trinajstić information content (AvgIpc) is 3.14. The summed E-state index contributed by atoms with van der Waals surface area (Å²) in [6, 6.07) is 10.3. The number of rotatable bonds is 6. The molecule has 154 valence electrons. The molecule has 4 aromatic rings. The molecule has 3 heterocycles. The fourth-order valence-electron chi connectivity index (χ4n) is 3.35. The zero-order chi connectivity index (χ0) is 21.8. The van der Waals surface area contributed by atoms with Crippen LogP contribution in [0.15, 0.2) is 79.7 Å². The highest BCUT2D eigenvalue weighted by Crippen LogP contribution is 2.28. The molecule has 0 radical (unpaired) electrons. The van der Waals surface area contributed by atoms with Gasteiger partial charge in [0, 0.05) is 23.5 Å². The van der Waals surface area contributed by atoms with E-state index in [1.807, 2.05) is 37.3 Å². The highest BCUT2D eigenvalue weighted by molar-refractivity contribution is 5.90. The maximum Gasteiger partial charge on any atom is 0.182 e. The number of aromatic nitrogens is 5. The summed E-state index contributed by atoms with van der Waals surface area (Å²) >= 11 is 0. The number of anilines is 1. The normalized spacial score (nSPS) is 12.0. The van der Waals surface area contributed by atoms with Crippen molar-refractivity contribution in [2.75, 3.05) is 5.73 Å². The minimum Gasteiger partial charge on any atom is -0.383 e. The van der Waals surface area contributed by atoms with E-state index >= 15 is 0 Å². The van der Waals surface area contributed by atoms with Crippen LogP contribution < -0.4 is 5.73 Å². The number of fused-ring (bicyclic) bond motifs is 1. The molecule has 0 aliphatic carbocycles. The molecule has 0 fully saturated rings. The molecule has 31 heavy (non-hydrogen) atoms. The van der Waals surface area contributed by atoms with E-state index in [1.54, 1.807) is 41.4 Å². The Kier molecular flexibility index (Phi) is 5.66. The van der Waals surface area contributed by atoms with Crippen LogP contribution in [-0.4, -0.2) is 24.7 Å². The Morgan fingerprint density at radius 2 is 2.03 bits per heavy atom. The van der Waals surface area contributed by atoms with Crippen molar-refractivity contribution in [3.63, 3.8) is 0 Å². The van der Waals surface area contributed by atoms with Crippen molar-refractivity contribution in [2.24, 2.45) is 0 Å². The Labute approximate surface area is 179 Å². The molecule has 3 aromatic heterocycles. The van der Waals surface area contributed by atoms with E-state index in [-0.39, 0.29) is 12.4 Å². The van der Waals surface area contributed by atoms with E-state index in [0.717, 1.165) is 11.0 Å². The van der Waals surface area contributed by atoms with Gasteiger partial charge in [-0.3, -0.25) is 0 Å². The van der Waals surface area contributed by atoms with Gasteiger partial charge >= 0.3 is 0 Å². The highest BCUT2D eigenvalue weighted by atomic mass is 19.1. The first-order valence-corrected chi connectivity index (χ1v) is 9.76. The number of hydrogen-bond acceptors (Lipinski definition) is 5. The van der Waals surface area contributed by atoms with Gasteiger partial charge in [-0.2, -0.15) is 5.10 Å². The summed E-state index contributed by atoms with van der Waals surface area (Å²) in [7, 11) is 0. The van der Waals surface area contributed by atoms with Gasteiger partial charge in [-0.25, -0.2) is 24.0 Å². The molecule has 0 amide bonds. The minimum absolute atomic E-state index is 0.237. The number of nitrogen functional groups attached to an aromatic ring is 1. The molecule has 0 bridgehead atoms. The number of allylic oxidation sites excluding steroid dienone is 5.